The van der Waals surface area contributed by atoms with E-state index in [-0.39, 0.29) is 5.75 Å². The molecular weight excluding hydrogens is 370 g/mol. The normalized spacial score (nSPS) is 18.1. The molecule has 1 aliphatic rings. The minimum atomic E-state index is -3.99. The van der Waals surface area contributed by atoms with Gasteiger partial charge in [0.15, 0.2) is 0 Å². The summed E-state index contributed by atoms with van der Waals surface area (Å²) in [5.41, 5.74) is 0.659. The Labute approximate surface area is 137 Å². The summed E-state index contributed by atoms with van der Waals surface area (Å²) < 4.78 is 34.0. The number of rotatable bonds is 4. The molecule has 1 heterocycles. The number of aryl methyl sites for hydroxylation is 1. The van der Waals surface area contributed by atoms with Crippen LogP contribution < -0.4 is 0 Å². The van der Waals surface area contributed by atoms with Gasteiger partial charge in [-0.05, 0) is 36.5 Å². The minimum absolute atomic E-state index is 0.291. The molecule has 0 aliphatic heterocycles. The van der Waals surface area contributed by atoms with Gasteiger partial charge in [0.1, 0.15) is 12.2 Å². The molecule has 0 amide bonds. The molecule has 0 bridgehead atoms. The molecular formula is C14H15BrN3O3S. The van der Waals surface area contributed by atoms with E-state index in [0.29, 0.717) is 12.8 Å². The number of hydrogen-bond donors (Lipinski definition) is 1. The van der Waals surface area contributed by atoms with Crippen LogP contribution in [0.25, 0.3) is 0 Å². The van der Waals surface area contributed by atoms with Crippen LogP contribution in [-0.2, 0) is 22.6 Å². The van der Waals surface area contributed by atoms with Crippen LogP contribution >= 0.6 is 15.9 Å². The number of benzene rings is 1. The molecule has 3 rings (SSSR count). The van der Waals surface area contributed by atoms with Gasteiger partial charge in [-0.25, -0.2) is 0 Å². The zero-order valence-corrected chi connectivity index (χ0v) is 14.3. The minimum Gasteiger partial charge on any atom is -0.320 e. The van der Waals surface area contributed by atoms with Crippen LogP contribution in [0, 0.1) is 5.92 Å². The number of nitrogens with zero attached hydrogens (tertiary/aromatic N) is 3. The third kappa shape index (κ3) is 2.82. The molecule has 1 fully saturated rings. The van der Waals surface area contributed by atoms with Gasteiger partial charge in [-0.3, -0.25) is 4.55 Å². The van der Waals surface area contributed by atoms with Crippen LogP contribution in [0.1, 0.15) is 24.2 Å². The summed E-state index contributed by atoms with van der Waals surface area (Å²) >= 11 is 3.47. The first-order valence-electron chi connectivity index (χ1n) is 6.69. The first-order valence-corrected chi connectivity index (χ1v) is 9.10. The van der Waals surface area contributed by atoms with Crippen molar-refractivity contribution in [3.05, 3.63) is 52.4 Å². The Kier molecular flexibility index (Phi) is 3.86. The largest absolute Gasteiger partial charge is 0.320 e. The van der Waals surface area contributed by atoms with E-state index >= 15 is 0 Å². The zero-order valence-electron chi connectivity index (χ0n) is 11.9. The second-order valence-corrected chi connectivity index (χ2v) is 8.06. The van der Waals surface area contributed by atoms with Gasteiger partial charge in [0.2, 0.25) is 0 Å². The Morgan fingerprint density at radius 2 is 2.14 bits per heavy atom. The molecule has 1 N–H and O–H groups in total. The third-order valence-corrected chi connectivity index (χ3v) is 5.27. The summed E-state index contributed by atoms with van der Waals surface area (Å²) in [6.45, 7) is 0. The summed E-state index contributed by atoms with van der Waals surface area (Å²) in [6.07, 6.45) is 2.71. The van der Waals surface area contributed by atoms with Crippen molar-refractivity contribution in [1.29, 1.82) is 0 Å². The molecule has 0 unspecified atom stereocenters. The van der Waals surface area contributed by atoms with Crippen LogP contribution in [0.15, 0.2) is 35.1 Å². The molecule has 8 heteroatoms. The molecule has 2 aromatic rings. The monoisotopic (exact) mass is 384 g/mol. The second kappa shape index (κ2) is 5.43. The van der Waals surface area contributed by atoms with E-state index in [4.69, 9.17) is 4.55 Å². The van der Waals surface area contributed by atoms with Crippen molar-refractivity contribution in [3.8, 4) is 0 Å². The fourth-order valence-electron chi connectivity index (χ4n) is 3.16. The molecule has 22 heavy (non-hydrogen) atoms. The van der Waals surface area contributed by atoms with Gasteiger partial charge in [0.05, 0.1) is 11.2 Å². The van der Waals surface area contributed by atoms with Crippen molar-refractivity contribution < 1.29 is 13.0 Å². The molecule has 1 aliphatic carbocycles. The molecule has 1 saturated carbocycles. The first kappa shape index (κ1) is 15.6. The van der Waals surface area contributed by atoms with Crippen LogP contribution in [0.5, 0.6) is 0 Å². The summed E-state index contributed by atoms with van der Waals surface area (Å²) in [7, 11) is -2.12. The Hall–Kier alpha value is -1.25. The third-order valence-electron chi connectivity index (χ3n) is 4.01. The maximum Gasteiger partial charge on any atom is 0.265 e. The van der Waals surface area contributed by atoms with Crippen LogP contribution in [0.2, 0.25) is 0 Å². The zero-order chi connectivity index (χ0) is 16.0. The molecule has 1 aromatic heterocycles. The predicted molar refractivity (Wildman–Crippen MR) is 84.8 cm³/mol. The van der Waals surface area contributed by atoms with Crippen LogP contribution in [0.3, 0.4) is 0 Å². The molecule has 1 aromatic carbocycles. The van der Waals surface area contributed by atoms with Gasteiger partial charge in [-0.15, -0.1) is 10.2 Å². The lowest BCUT2D eigenvalue weighted by Crippen LogP contribution is -2.45. The van der Waals surface area contributed by atoms with Crippen molar-refractivity contribution in [2.45, 2.75) is 18.3 Å². The summed E-state index contributed by atoms with van der Waals surface area (Å²) in [5.74, 6) is 1.30. The Balaban J connectivity index is 1.98. The Morgan fingerprint density at radius 1 is 1.41 bits per heavy atom. The maximum atomic E-state index is 11.1. The van der Waals surface area contributed by atoms with Crippen LogP contribution in [0.4, 0.5) is 0 Å². The molecule has 0 spiro atoms. The van der Waals surface area contributed by atoms with Crippen LogP contribution in [-0.4, -0.2) is 33.5 Å². The smallest absolute Gasteiger partial charge is 0.265 e. The van der Waals surface area contributed by atoms with E-state index < -0.39 is 15.5 Å². The van der Waals surface area contributed by atoms with E-state index in [1.165, 1.54) is 0 Å². The lowest BCUT2D eigenvalue weighted by Gasteiger charge is -2.46. The highest BCUT2D eigenvalue weighted by molar-refractivity contribution is 9.10. The van der Waals surface area contributed by atoms with Crippen molar-refractivity contribution in [2.24, 2.45) is 7.05 Å². The summed E-state index contributed by atoms with van der Waals surface area (Å²) in [4.78, 5) is 0. The molecule has 1 radical (unpaired) electrons. The number of aromatic nitrogens is 3. The standard InChI is InChI=1S/C14H15BrN3O3S/c1-18-9-16-17-13(18)14(11-3-2-4-12(15)5-11)6-10(7-14)8-22(19,20)21/h2-5,9H,6-8H2,1H3,(H,19,20,21). The first-order chi connectivity index (χ1) is 10.3. The van der Waals surface area contributed by atoms with E-state index in [9.17, 15) is 8.42 Å². The van der Waals surface area contributed by atoms with Gasteiger partial charge >= 0.3 is 0 Å². The van der Waals surface area contributed by atoms with E-state index in [0.717, 1.165) is 21.8 Å². The fraction of sp³-hybridized carbons (Fsp3) is 0.357. The quantitative estimate of drug-likeness (QED) is 0.815. The number of hydrogen-bond acceptors (Lipinski definition) is 4. The predicted octanol–water partition coefficient (Wildman–Crippen LogP) is 2.12. The van der Waals surface area contributed by atoms with Crippen molar-refractivity contribution in [2.75, 3.05) is 5.75 Å². The lowest BCUT2D eigenvalue weighted by atomic mass is 9.58. The van der Waals surface area contributed by atoms with Gasteiger partial charge in [-0.1, -0.05) is 28.1 Å². The highest BCUT2D eigenvalue weighted by atomic mass is 79.9. The Bertz CT molecular complexity index is 797. The van der Waals surface area contributed by atoms with E-state index in [1.54, 1.807) is 6.33 Å². The molecule has 117 valence electrons. The highest BCUT2D eigenvalue weighted by Crippen LogP contribution is 2.53. The average molecular weight is 385 g/mol. The maximum absolute atomic E-state index is 11.1. The highest BCUT2D eigenvalue weighted by Gasteiger charge is 2.51. The fourth-order valence-corrected chi connectivity index (χ4v) is 4.28. The molecule has 6 nitrogen and oxygen atoms in total. The number of halogens is 1. The molecule has 0 saturated heterocycles. The van der Waals surface area contributed by atoms with Gasteiger partial charge in [-0.2, -0.15) is 8.42 Å². The van der Waals surface area contributed by atoms with E-state index in [2.05, 4.69) is 26.1 Å². The summed E-state index contributed by atoms with van der Waals surface area (Å²) in [6, 6.07) is 7.90. The topological polar surface area (TPSA) is 85.1 Å². The van der Waals surface area contributed by atoms with Crippen molar-refractivity contribution >= 4 is 26.0 Å². The van der Waals surface area contributed by atoms with Gasteiger partial charge in [0, 0.05) is 11.5 Å². The molecule has 0 atom stereocenters. The lowest BCUT2D eigenvalue weighted by molar-refractivity contribution is 0.313. The van der Waals surface area contributed by atoms with E-state index in [1.807, 2.05) is 35.9 Å². The van der Waals surface area contributed by atoms with Gasteiger partial charge in [0.25, 0.3) is 10.1 Å². The van der Waals surface area contributed by atoms with Gasteiger partial charge < -0.3 is 4.57 Å². The SMILES string of the molecule is Cn1cnnc1C1(c2cccc(Br)c2)C[C](CS(=O)(=O)O)C1. The van der Waals surface area contributed by atoms with Crippen molar-refractivity contribution in [3.63, 3.8) is 0 Å². The Morgan fingerprint density at radius 3 is 2.68 bits per heavy atom. The van der Waals surface area contributed by atoms with Crippen molar-refractivity contribution in [1.82, 2.24) is 14.8 Å². The average Bonchev–Trinajstić information content (AvgIpc) is 2.78. The second-order valence-electron chi connectivity index (χ2n) is 5.69. The summed E-state index contributed by atoms with van der Waals surface area (Å²) in [5, 5.41) is 8.16.